The lowest BCUT2D eigenvalue weighted by Gasteiger charge is -2.10. The number of ketones is 1. The van der Waals surface area contributed by atoms with Crippen LogP contribution < -0.4 is 5.32 Å². The number of nitrogens with one attached hydrogen (secondary N) is 1. The van der Waals surface area contributed by atoms with Crippen LogP contribution >= 0.6 is 0 Å². The first-order chi connectivity index (χ1) is 13.0. The maximum atomic E-state index is 12.9. The van der Waals surface area contributed by atoms with Crippen molar-refractivity contribution in [3.63, 3.8) is 0 Å². The quantitative estimate of drug-likeness (QED) is 0.681. The molecule has 0 atom stereocenters. The molecule has 2 aromatic carbocycles. The number of aryl methyl sites for hydroxylation is 3. The third-order valence-electron chi connectivity index (χ3n) is 4.54. The van der Waals surface area contributed by atoms with E-state index in [1.807, 2.05) is 43.8 Å². The van der Waals surface area contributed by atoms with Crippen molar-refractivity contribution in [2.75, 3.05) is 0 Å². The van der Waals surface area contributed by atoms with Crippen LogP contribution in [0.5, 0.6) is 0 Å². The lowest BCUT2D eigenvalue weighted by Crippen LogP contribution is -2.25. The van der Waals surface area contributed by atoms with E-state index in [2.05, 4.69) is 10.4 Å². The van der Waals surface area contributed by atoms with E-state index in [1.54, 1.807) is 36.4 Å². The van der Waals surface area contributed by atoms with Crippen LogP contribution in [0.4, 0.5) is 0 Å². The second kappa shape index (κ2) is 7.99. The molecule has 0 aliphatic heterocycles. The van der Waals surface area contributed by atoms with Gasteiger partial charge < -0.3 is 5.32 Å². The standard InChI is InChI=1S/C22H23N3O2/c1-4-25-14-18(16(3)24-25)13-23-22(27)20-8-6-5-7-19(20)21(26)17-11-9-15(2)10-12-17/h5-12,14H,4,13H2,1-3H3,(H,23,27). The summed E-state index contributed by atoms with van der Waals surface area (Å²) in [5, 5.41) is 7.29. The summed E-state index contributed by atoms with van der Waals surface area (Å²) in [7, 11) is 0. The van der Waals surface area contributed by atoms with Gasteiger partial charge in [0.25, 0.3) is 5.91 Å². The lowest BCUT2D eigenvalue weighted by molar-refractivity contribution is 0.0939. The minimum absolute atomic E-state index is 0.157. The van der Waals surface area contributed by atoms with Crippen LogP contribution in [0, 0.1) is 13.8 Å². The monoisotopic (exact) mass is 361 g/mol. The maximum Gasteiger partial charge on any atom is 0.252 e. The zero-order chi connectivity index (χ0) is 19.4. The van der Waals surface area contributed by atoms with Crippen LogP contribution in [0.1, 0.15) is 50.0 Å². The second-order valence-corrected chi connectivity index (χ2v) is 6.52. The predicted octanol–water partition coefficient (Wildman–Crippen LogP) is 3.68. The molecule has 0 spiro atoms. The molecule has 0 radical (unpaired) electrons. The number of carbonyl (C=O) groups excluding carboxylic acids is 2. The van der Waals surface area contributed by atoms with Gasteiger partial charge in [0, 0.05) is 36.0 Å². The van der Waals surface area contributed by atoms with Gasteiger partial charge in [-0.3, -0.25) is 14.3 Å². The summed E-state index contributed by atoms with van der Waals surface area (Å²) < 4.78 is 1.84. The van der Waals surface area contributed by atoms with Crippen LogP contribution in [-0.2, 0) is 13.1 Å². The summed E-state index contributed by atoms with van der Waals surface area (Å²) in [6.07, 6.45) is 1.93. The van der Waals surface area contributed by atoms with Crippen molar-refractivity contribution in [1.82, 2.24) is 15.1 Å². The van der Waals surface area contributed by atoms with Gasteiger partial charge in [0.1, 0.15) is 0 Å². The minimum atomic E-state index is -0.269. The maximum absolute atomic E-state index is 12.9. The SMILES string of the molecule is CCn1cc(CNC(=O)c2ccccc2C(=O)c2ccc(C)cc2)c(C)n1. The van der Waals surface area contributed by atoms with Gasteiger partial charge in [0.05, 0.1) is 11.3 Å². The molecule has 3 rings (SSSR count). The Morgan fingerprint density at radius 2 is 1.67 bits per heavy atom. The highest BCUT2D eigenvalue weighted by atomic mass is 16.2. The number of hydrogen-bond donors (Lipinski definition) is 1. The summed E-state index contributed by atoms with van der Waals surface area (Å²) in [5.74, 6) is -0.426. The third-order valence-corrected chi connectivity index (χ3v) is 4.54. The van der Waals surface area contributed by atoms with Crippen molar-refractivity contribution in [2.45, 2.75) is 33.9 Å². The van der Waals surface area contributed by atoms with E-state index in [0.29, 0.717) is 23.2 Å². The average Bonchev–Trinajstić information content (AvgIpc) is 3.06. The fourth-order valence-corrected chi connectivity index (χ4v) is 2.90. The Balaban J connectivity index is 1.80. The number of amides is 1. The first kappa shape index (κ1) is 18.6. The van der Waals surface area contributed by atoms with Gasteiger partial charge in [0.2, 0.25) is 0 Å². The molecular formula is C22H23N3O2. The van der Waals surface area contributed by atoms with E-state index >= 15 is 0 Å². The highest BCUT2D eigenvalue weighted by molar-refractivity contribution is 6.15. The Kier molecular flexibility index (Phi) is 5.50. The van der Waals surface area contributed by atoms with Gasteiger partial charge in [-0.05, 0) is 26.8 Å². The first-order valence-corrected chi connectivity index (χ1v) is 9.01. The van der Waals surface area contributed by atoms with Crippen LogP contribution in [0.3, 0.4) is 0 Å². The topological polar surface area (TPSA) is 64.0 Å². The van der Waals surface area contributed by atoms with Crippen LogP contribution in [0.15, 0.2) is 54.7 Å². The Bertz CT molecular complexity index is 971. The first-order valence-electron chi connectivity index (χ1n) is 9.01. The molecule has 0 saturated heterocycles. The molecule has 1 aromatic heterocycles. The Morgan fingerprint density at radius 1 is 1.00 bits per heavy atom. The van der Waals surface area contributed by atoms with Crippen LogP contribution in [0.2, 0.25) is 0 Å². The average molecular weight is 361 g/mol. The van der Waals surface area contributed by atoms with Gasteiger partial charge >= 0.3 is 0 Å². The van der Waals surface area contributed by atoms with Crippen molar-refractivity contribution >= 4 is 11.7 Å². The number of benzene rings is 2. The van der Waals surface area contributed by atoms with Gasteiger partial charge in [-0.1, -0.05) is 48.0 Å². The second-order valence-electron chi connectivity index (χ2n) is 6.52. The molecule has 1 amide bonds. The molecule has 138 valence electrons. The minimum Gasteiger partial charge on any atom is -0.348 e. The number of aromatic nitrogens is 2. The summed E-state index contributed by atoms with van der Waals surface area (Å²) in [5.41, 5.74) is 4.29. The Labute approximate surface area is 159 Å². The molecule has 0 saturated carbocycles. The van der Waals surface area contributed by atoms with Crippen molar-refractivity contribution < 1.29 is 9.59 Å². The number of hydrogen-bond acceptors (Lipinski definition) is 3. The fraction of sp³-hybridized carbons (Fsp3) is 0.227. The Morgan fingerprint density at radius 3 is 2.30 bits per heavy atom. The molecule has 3 aromatic rings. The molecule has 0 bridgehead atoms. The van der Waals surface area contributed by atoms with E-state index in [1.165, 1.54) is 0 Å². The summed E-state index contributed by atoms with van der Waals surface area (Å²) in [6, 6.07) is 14.3. The Hall–Kier alpha value is -3.21. The number of nitrogens with zero attached hydrogens (tertiary/aromatic N) is 2. The van der Waals surface area contributed by atoms with E-state index in [-0.39, 0.29) is 11.7 Å². The van der Waals surface area contributed by atoms with Crippen molar-refractivity contribution in [3.05, 3.63) is 88.2 Å². The van der Waals surface area contributed by atoms with Crippen molar-refractivity contribution in [1.29, 1.82) is 0 Å². The van der Waals surface area contributed by atoms with Crippen molar-refractivity contribution in [2.24, 2.45) is 0 Å². The van der Waals surface area contributed by atoms with E-state index in [9.17, 15) is 9.59 Å². The zero-order valence-electron chi connectivity index (χ0n) is 15.8. The van der Waals surface area contributed by atoms with Crippen LogP contribution in [-0.4, -0.2) is 21.5 Å². The highest BCUT2D eigenvalue weighted by Gasteiger charge is 2.18. The summed E-state index contributed by atoms with van der Waals surface area (Å²) >= 11 is 0. The molecule has 5 heteroatoms. The molecule has 0 unspecified atom stereocenters. The van der Waals surface area contributed by atoms with Gasteiger partial charge in [-0.2, -0.15) is 5.10 Å². The van der Waals surface area contributed by atoms with Gasteiger partial charge in [0.15, 0.2) is 5.78 Å². The van der Waals surface area contributed by atoms with Gasteiger partial charge in [-0.25, -0.2) is 0 Å². The zero-order valence-corrected chi connectivity index (χ0v) is 15.8. The van der Waals surface area contributed by atoms with E-state index in [4.69, 9.17) is 0 Å². The molecular weight excluding hydrogens is 338 g/mol. The molecule has 0 fully saturated rings. The van der Waals surface area contributed by atoms with Crippen LogP contribution in [0.25, 0.3) is 0 Å². The fourth-order valence-electron chi connectivity index (χ4n) is 2.90. The summed E-state index contributed by atoms with van der Waals surface area (Å²) in [4.78, 5) is 25.6. The summed E-state index contributed by atoms with van der Waals surface area (Å²) in [6.45, 7) is 7.06. The lowest BCUT2D eigenvalue weighted by atomic mass is 9.97. The number of carbonyl (C=O) groups is 2. The molecule has 27 heavy (non-hydrogen) atoms. The molecule has 0 aliphatic rings. The third kappa shape index (κ3) is 4.14. The highest BCUT2D eigenvalue weighted by Crippen LogP contribution is 2.16. The van der Waals surface area contributed by atoms with E-state index in [0.717, 1.165) is 23.4 Å². The predicted molar refractivity (Wildman–Crippen MR) is 105 cm³/mol. The largest absolute Gasteiger partial charge is 0.348 e. The molecule has 0 aliphatic carbocycles. The van der Waals surface area contributed by atoms with Gasteiger partial charge in [-0.15, -0.1) is 0 Å². The molecule has 1 heterocycles. The van der Waals surface area contributed by atoms with E-state index < -0.39 is 0 Å². The molecule has 5 nitrogen and oxygen atoms in total. The normalized spacial score (nSPS) is 10.6. The molecule has 1 N–H and O–H groups in total. The smallest absolute Gasteiger partial charge is 0.252 e. The number of rotatable bonds is 6. The van der Waals surface area contributed by atoms with Crippen molar-refractivity contribution in [3.8, 4) is 0 Å².